The number of rotatable bonds is 4. The van der Waals surface area contributed by atoms with Crippen LogP contribution >= 0.6 is 12.2 Å². The molecule has 2 aromatic carbocycles. The number of thiocarbonyl (C=S) groups is 1. The van der Waals surface area contributed by atoms with Crippen LogP contribution in [0.15, 0.2) is 48.5 Å². The van der Waals surface area contributed by atoms with Gasteiger partial charge in [-0.3, -0.25) is 4.79 Å². The molecule has 3 rings (SSSR count). The Balaban J connectivity index is 2.18. The van der Waals surface area contributed by atoms with E-state index in [-0.39, 0.29) is 6.54 Å². The summed E-state index contributed by atoms with van der Waals surface area (Å²) < 4.78 is 13.8. The Labute approximate surface area is 155 Å². The summed E-state index contributed by atoms with van der Waals surface area (Å²) >= 11 is 5.48. The molecule has 0 saturated heterocycles. The molecule has 0 amide bonds. The summed E-state index contributed by atoms with van der Waals surface area (Å²) in [5.41, 5.74) is 3.93. The number of fused-ring (bicyclic) bond motifs is 1. The summed E-state index contributed by atoms with van der Waals surface area (Å²) in [4.78, 5) is 17.4. The molecule has 0 aliphatic rings. The van der Waals surface area contributed by atoms with E-state index < -0.39 is 11.8 Å². The Hall–Kier alpha value is -2.86. The van der Waals surface area contributed by atoms with Crippen LogP contribution in [0.4, 0.5) is 4.39 Å². The van der Waals surface area contributed by atoms with Gasteiger partial charge in [-0.2, -0.15) is 0 Å². The molecule has 0 aliphatic carbocycles. The van der Waals surface area contributed by atoms with Crippen LogP contribution in [0, 0.1) is 12.7 Å². The molecule has 0 spiro atoms. The van der Waals surface area contributed by atoms with Crippen LogP contribution in [-0.4, -0.2) is 39.5 Å². The Morgan fingerprint density at radius 3 is 2.54 bits per heavy atom. The third-order valence-electron chi connectivity index (χ3n) is 4.07. The number of hydrogen-bond donors (Lipinski definition) is 1. The summed E-state index contributed by atoms with van der Waals surface area (Å²) in [6.45, 7) is 1.76. The number of carboxylic acid groups (broad SMARTS) is 1. The van der Waals surface area contributed by atoms with Crippen molar-refractivity contribution in [2.24, 2.45) is 0 Å². The van der Waals surface area contributed by atoms with E-state index in [0.29, 0.717) is 27.1 Å². The van der Waals surface area contributed by atoms with E-state index in [9.17, 15) is 9.18 Å². The summed E-state index contributed by atoms with van der Waals surface area (Å²) in [6, 6.07) is 14.0. The van der Waals surface area contributed by atoms with E-state index in [1.54, 1.807) is 19.2 Å². The molecule has 0 unspecified atom stereocenters. The lowest BCUT2D eigenvalue weighted by molar-refractivity contribution is -0.137. The van der Waals surface area contributed by atoms with Gasteiger partial charge in [0.2, 0.25) is 0 Å². The lowest BCUT2D eigenvalue weighted by atomic mass is 10.0. The van der Waals surface area contributed by atoms with Gasteiger partial charge in [0, 0.05) is 23.6 Å². The van der Waals surface area contributed by atoms with Crippen molar-refractivity contribution in [2.45, 2.75) is 6.92 Å². The van der Waals surface area contributed by atoms with Crippen molar-refractivity contribution in [3.63, 3.8) is 0 Å². The second kappa shape index (κ2) is 7.17. The van der Waals surface area contributed by atoms with Crippen molar-refractivity contribution >= 4 is 34.1 Å². The van der Waals surface area contributed by atoms with Gasteiger partial charge >= 0.3 is 5.97 Å². The number of aliphatic carboxylic acids is 1. The average Bonchev–Trinajstić information content (AvgIpc) is 2.60. The molecule has 0 radical (unpaired) electrons. The number of carboxylic acids is 1. The molecule has 6 heteroatoms. The van der Waals surface area contributed by atoms with Crippen LogP contribution in [0.3, 0.4) is 0 Å². The summed E-state index contributed by atoms with van der Waals surface area (Å²) in [6.07, 6.45) is 0. The Kier molecular flexibility index (Phi) is 4.95. The SMILES string of the molecule is Cc1ccc(-c2cc(C(=S)N(C)CC(=O)O)c3cc(F)ccc3n2)cc1. The molecule has 132 valence electrons. The van der Waals surface area contributed by atoms with Gasteiger partial charge in [-0.25, -0.2) is 9.37 Å². The van der Waals surface area contributed by atoms with Crippen LogP contribution in [0.2, 0.25) is 0 Å². The largest absolute Gasteiger partial charge is 0.480 e. The molecule has 0 aliphatic heterocycles. The molecule has 1 heterocycles. The van der Waals surface area contributed by atoms with Gasteiger partial charge in [0.25, 0.3) is 0 Å². The number of aryl methyl sites for hydroxylation is 1. The van der Waals surface area contributed by atoms with Gasteiger partial charge in [-0.1, -0.05) is 42.0 Å². The van der Waals surface area contributed by atoms with Crippen molar-refractivity contribution in [2.75, 3.05) is 13.6 Å². The monoisotopic (exact) mass is 368 g/mol. The maximum atomic E-state index is 13.8. The molecule has 1 N–H and O–H groups in total. The first-order valence-electron chi connectivity index (χ1n) is 8.00. The first kappa shape index (κ1) is 17.9. The number of carbonyl (C=O) groups is 1. The maximum Gasteiger partial charge on any atom is 0.323 e. The minimum absolute atomic E-state index is 0.238. The lowest BCUT2D eigenvalue weighted by Gasteiger charge is -2.20. The summed E-state index contributed by atoms with van der Waals surface area (Å²) in [5, 5.41) is 9.58. The zero-order valence-corrected chi connectivity index (χ0v) is 15.2. The number of benzene rings is 2. The van der Waals surface area contributed by atoms with Crippen molar-refractivity contribution in [1.82, 2.24) is 9.88 Å². The molecule has 0 bridgehead atoms. The second-order valence-corrected chi connectivity index (χ2v) is 6.52. The summed E-state index contributed by atoms with van der Waals surface area (Å²) in [5.74, 6) is -1.38. The van der Waals surface area contributed by atoms with Crippen LogP contribution in [0.1, 0.15) is 11.1 Å². The molecule has 26 heavy (non-hydrogen) atoms. The van der Waals surface area contributed by atoms with Crippen LogP contribution in [-0.2, 0) is 4.79 Å². The highest BCUT2D eigenvalue weighted by molar-refractivity contribution is 7.80. The second-order valence-electron chi connectivity index (χ2n) is 6.14. The van der Waals surface area contributed by atoms with Gasteiger partial charge in [0.05, 0.1) is 11.2 Å². The maximum absolute atomic E-state index is 13.8. The zero-order chi connectivity index (χ0) is 18.8. The molecule has 0 saturated carbocycles. The van der Waals surface area contributed by atoms with Crippen molar-refractivity contribution in [3.05, 3.63) is 65.5 Å². The number of halogens is 1. The third kappa shape index (κ3) is 3.70. The first-order valence-corrected chi connectivity index (χ1v) is 8.40. The minimum Gasteiger partial charge on any atom is -0.480 e. The van der Waals surface area contributed by atoms with E-state index in [0.717, 1.165) is 11.1 Å². The first-order chi connectivity index (χ1) is 12.3. The fourth-order valence-electron chi connectivity index (χ4n) is 2.73. The Bertz CT molecular complexity index is 1000. The number of aromatic nitrogens is 1. The normalized spacial score (nSPS) is 10.7. The van der Waals surface area contributed by atoms with Gasteiger partial charge in [-0.15, -0.1) is 0 Å². The number of nitrogens with zero attached hydrogens (tertiary/aromatic N) is 2. The van der Waals surface area contributed by atoms with Crippen molar-refractivity contribution in [1.29, 1.82) is 0 Å². The van der Waals surface area contributed by atoms with E-state index in [4.69, 9.17) is 17.3 Å². The highest BCUT2D eigenvalue weighted by Crippen LogP contribution is 2.27. The molecule has 1 aromatic heterocycles. The smallest absolute Gasteiger partial charge is 0.323 e. The van der Waals surface area contributed by atoms with Gasteiger partial charge < -0.3 is 10.0 Å². The topological polar surface area (TPSA) is 53.4 Å². The molecule has 0 atom stereocenters. The lowest BCUT2D eigenvalue weighted by Crippen LogP contribution is -2.31. The standard InChI is InChI=1S/C20H17FN2O2S/c1-12-3-5-13(6-4-12)18-10-16(20(26)23(2)11-19(24)25)15-9-14(21)7-8-17(15)22-18/h3-10H,11H2,1-2H3,(H,24,25). The van der Waals surface area contributed by atoms with E-state index in [1.807, 2.05) is 31.2 Å². The predicted octanol–water partition coefficient (Wildman–Crippen LogP) is 4.04. The molecule has 0 fully saturated rings. The molecule has 4 nitrogen and oxygen atoms in total. The third-order valence-corrected chi connectivity index (χ3v) is 4.60. The fourth-order valence-corrected chi connectivity index (χ4v) is 2.96. The van der Waals surface area contributed by atoms with Gasteiger partial charge in [0.1, 0.15) is 17.4 Å². The Morgan fingerprint density at radius 2 is 1.88 bits per heavy atom. The van der Waals surface area contributed by atoms with E-state index in [1.165, 1.54) is 17.0 Å². The quantitative estimate of drug-likeness (QED) is 0.705. The number of likely N-dealkylation sites (N-methyl/N-ethyl adjacent to an activating group) is 1. The van der Waals surface area contributed by atoms with Gasteiger partial charge in [-0.05, 0) is 31.2 Å². The minimum atomic E-state index is -0.988. The number of pyridine rings is 1. The van der Waals surface area contributed by atoms with Gasteiger partial charge in [0.15, 0.2) is 0 Å². The molecule has 3 aromatic rings. The van der Waals surface area contributed by atoms with Crippen LogP contribution in [0.5, 0.6) is 0 Å². The van der Waals surface area contributed by atoms with Crippen LogP contribution < -0.4 is 0 Å². The van der Waals surface area contributed by atoms with E-state index in [2.05, 4.69) is 4.98 Å². The van der Waals surface area contributed by atoms with E-state index >= 15 is 0 Å². The molecular formula is C20H17FN2O2S. The zero-order valence-electron chi connectivity index (χ0n) is 14.4. The Morgan fingerprint density at radius 1 is 1.19 bits per heavy atom. The van der Waals surface area contributed by atoms with Crippen molar-refractivity contribution in [3.8, 4) is 11.3 Å². The summed E-state index contributed by atoms with van der Waals surface area (Å²) in [7, 11) is 1.60. The predicted molar refractivity (Wildman–Crippen MR) is 104 cm³/mol. The molecular weight excluding hydrogens is 351 g/mol. The van der Waals surface area contributed by atoms with Crippen molar-refractivity contribution < 1.29 is 14.3 Å². The van der Waals surface area contributed by atoms with Crippen LogP contribution in [0.25, 0.3) is 22.2 Å². The number of hydrogen-bond acceptors (Lipinski definition) is 3. The highest BCUT2D eigenvalue weighted by Gasteiger charge is 2.16. The fraction of sp³-hybridized carbons (Fsp3) is 0.150. The highest BCUT2D eigenvalue weighted by atomic mass is 32.1. The average molecular weight is 368 g/mol.